The fourth-order valence-corrected chi connectivity index (χ4v) is 2.14. The van der Waals surface area contributed by atoms with Crippen LogP contribution in [0.15, 0.2) is 24.3 Å². The summed E-state index contributed by atoms with van der Waals surface area (Å²) in [4.78, 5) is 13.8. The van der Waals surface area contributed by atoms with Crippen LogP contribution in [0.2, 0.25) is 0 Å². The normalized spacial score (nSPS) is 22.0. The van der Waals surface area contributed by atoms with Gasteiger partial charge in [-0.15, -0.1) is 0 Å². The van der Waals surface area contributed by atoms with Gasteiger partial charge in [0.1, 0.15) is 0 Å². The van der Waals surface area contributed by atoms with Crippen molar-refractivity contribution in [3.05, 3.63) is 35.4 Å². The number of carbonyl (C=O) groups excluding carboxylic acids is 1. The van der Waals surface area contributed by atoms with E-state index in [-0.39, 0.29) is 11.8 Å². The second-order valence-corrected chi connectivity index (χ2v) is 5.59. The number of amides is 1. The molecule has 98 valence electrons. The molecule has 18 heavy (non-hydrogen) atoms. The van der Waals surface area contributed by atoms with Gasteiger partial charge in [-0.3, -0.25) is 4.79 Å². The third-order valence-electron chi connectivity index (χ3n) is 3.43. The third-order valence-corrected chi connectivity index (χ3v) is 3.43. The second-order valence-electron chi connectivity index (χ2n) is 5.59. The van der Waals surface area contributed by atoms with E-state index < -0.39 is 0 Å². The first-order chi connectivity index (χ1) is 8.56. The summed E-state index contributed by atoms with van der Waals surface area (Å²) in [6, 6.07) is 8.44. The standard InChI is InChI=1S/C15H22N2O/c1-11-8-14(11)15(18)16-9-12-4-6-13(7-5-12)10-17(2)3/h4-7,11,14H,8-10H2,1-3H3,(H,16,18). The van der Waals surface area contributed by atoms with E-state index >= 15 is 0 Å². The van der Waals surface area contributed by atoms with Crippen LogP contribution in [0.3, 0.4) is 0 Å². The lowest BCUT2D eigenvalue weighted by molar-refractivity contribution is -0.122. The number of rotatable bonds is 5. The molecule has 0 radical (unpaired) electrons. The monoisotopic (exact) mass is 246 g/mol. The van der Waals surface area contributed by atoms with Crippen LogP contribution in [0.1, 0.15) is 24.5 Å². The lowest BCUT2D eigenvalue weighted by atomic mass is 10.1. The molecule has 1 fully saturated rings. The van der Waals surface area contributed by atoms with E-state index in [9.17, 15) is 4.79 Å². The highest BCUT2D eigenvalue weighted by molar-refractivity contribution is 5.81. The Hall–Kier alpha value is -1.35. The summed E-state index contributed by atoms with van der Waals surface area (Å²) in [6.45, 7) is 3.72. The molecule has 1 aromatic carbocycles. The molecule has 2 atom stereocenters. The molecule has 3 heteroatoms. The highest BCUT2D eigenvalue weighted by atomic mass is 16.2. The molecule has 3 nitrogen and oxygen atoms in total. The fraction of sp³-hybridized carbons (Fsp3) is 0.533. The SMILES string of the molecule is CC1CC1C(=O)NCc1ccc(CN(C)C)cc1. The van der Waals surface area contributed by atoms with Crippen LogP contribution in [0.4, 0.5) is 0 Å². The Morgan fingerprint density at radius 3 is 2.33 bits per heavy atom. The van der Waals surface area contributed by atoms with Gasteiger partial charge in [0.2, 0.25) is 5.91 Å². The number of carbonyl (C=O) groups is 1. The summed E-state index contributed by atoms with van der Waals surface area (Å²) < 4.78 is 0. The van der Waals surface area contributed by atoms with E-state index in [1.807, 2.05) is 0 Å². The minimum atomic E-state index is 0.208. The molecule has 1 aromatic rings. The molecule has 0 aromatic heterocycles. The van der Waals surface area contributed by atoms with Crippen LogP contribution in [-0.2, 0) is 17.9 Å². The average molecular weight is 246 g/mol. The van der Waals surface area contributed by atoms with Gasteiger partial charge in [0, 0.05) is 19.0 Å². The zero-order valence-corrected chi connectivity index (χ0v) is 11.4. The zero-order chi connectivity index (χ0) is 13.1. The van der Waals surface area contributed by atoms with Crippen LogP contribution in [0, 0.1) is 11.8 Å². The Morgan fingerprint density at radius 1 is 1.28 bits per heavy atom. The summed E-state index contributed by atoms with van der Waals surface area (Å²) >= 11 is 0. The maximum Gasteiger partial charge on any atom is 0.223 e. The minimum Gasteiger partial charge on any atom is -0.352 e. The first-order valence-corrected chi connectivity index (χ1v) is 6.56. The molecule has 1 saturated carbocycles. The number of benzene rings is 1. The third kappa shape index (κ3) is 3.57. The van der Waals surface area contributed by atoms with Crippen molar-refractivity contribution < 1.29 is 4.79 Å². The Labute approximate surface area is 109 Å². The molecule has 1 amide bonds. The van der Waals surface area contributed by atoms with Gasteiger partial charge < -0.3 is 10.2 Å². The fourth-order valence-electron chi connectivity index (χ4n) is 2.14. The minimum absolute atomic E-state index is 0.208. The quantitative estimate of drug-likeness (QED) is 0.862. The summed E-state index contributed by atoms with van der Waals surface area (Å²) in [5.74, 6) is 1.05. The summed E-state index contributed by atoms with van der Waals surface area (Å²) in [7, 11) is 4.12. The number of nitrogens with zero attached hydrogens (tertiary/aromatic N) is 1. The molecule has 0 heterocycles. The van der Waals surface area contributed by atoms with Crippen LogP contribution in [-0.4, -0.2) is 24.9 Å². The average Bonchev–Trinajstić information content (AvgIpc) is 3.04. The van der Waals surface area contributed by atoms with Gasteiger partial charge in [-0.2, -0.15) is 0 Å². The Kier molecular flexibility index (Phi) is 4.02. The Bertz CT molecular complexity index is 411. The molecule has 2 rings (SSSR count). The molecule has 1 N–H and O–H groups in total. The molecule has 0 spiro atoms. The van der Waals surface area contributed by atoms with Crippen LogP contribution >= 0.6 is 0 Å². The van der Waals surface area contributed by atoms with Gasteiger partial charge in [0.15, 0.2) is 0 Å². The Morgan fingerprint density at radius 2 is 1.83 bits per heavy atom. The molecule has 0 saturated heterocycles. The molecule has 1 aliphatic carbocycles. The van der Waals surface area contributed by atoms with E-state index in [1.165, 1.54) is 11.1 Å². The lowest BCUT2D eigenvalue weighted by Crippen LogP contribution is -2.24. The van der Waals surface area contributed by atoms with Gasteiger partial charge in [-0.05, 0) is 37.6 Å². The summed E-state index contributed by atoms with van der Waals surface area (Å²) in [6.07, 6.45) is 1.05. The van der Waals surface area contributed by atoms with Crippen LogP contribution < -0.4 is 5.32 Å². The zero-order valence-electron chi connectivity index (χ0n) is 11.4. The van der Waals surface area contributed by atoms with Crippen molar-refractivity contribution in [2.75, 3.05) is 14.1 Å². The van der Waals surface area contributed by atoms with Crippen molar-refractivity contribution in [3.63, 3.8) is 0 Å². The summed E-state index contributed by atoms with van der Waals surface area (Å²) in [5, 5.41) is 3.00. The predicted molar refractivity (Wildman–Crippen MR) is 73.0 cm³/mol. The van der Waals surface area contributed by atoms with Crippen molar-refractivity contribution in [2.24, 2.45) is 11.8 Å². The van der Waals surface area contributed by atoms with E-state index in [1.54, 1.807) is 0 Å². The van der Waals surface area contributed by atoms with Gasteiger partial charge in [0.05, 0.1) is 0 Å². The number of nitrogens with one attached hydrogen (secondary N) is 1. The lowest BCUT2D eigenvalue weighted by Gasteiger charge is -2.10. The molecule has 2 unspecified atom stereocenters. The van der Waals surface area contributed by atoms with Crippen molar-refractivity contribution in [2.45, 2.75) is 26.4 Å². The van der Waals surface area contributed by atoms with E-state index in [0.717, 1.165) is 13.0 Å². The summed E-state index contributed by atoms with van der Waals surface area (Å²) in [5.41, 5.74) is 2.46. The van der Waals surface area contributed by atoms with Crippen molar-refractivity contribution >= 4 is 5.91 Å². The van der Waals surface area contributed by atoms with Gasteiger partial charge in [-0.1, -0.05) is 31.2 Å². The number of hydrogen-bond acceptors (Lipinski definition) is 2. The maximum absolute atomic E-state index is 11.7. The molecule has 0 bridgehead atoms. The highest BCUT2D eigenvalue weighted by Crippen LogP contribution is 2.37. The largest absolute Gasteiger partial charge is 0.352 e. The molecular weight excluding hydrogens is 224 g/mol. The van der Waals surface area contributed by atoms with Gasteiger partial charge in [0.25, 0.3) is 0 Å². The topological polar surface area (TPSA) is 32.3 Å². The van der Waals surface area contributed by atoms with Crippen molar-refractivity contribution in [3.8, 4) is 0 Å². The van der Waals surface area contributed by atoms with Crippen molar-refractivity contribution in [1.82, 2.24) is 10.2 Å². The second kappa shape index (κ2) is 5.53. The van der Waals surface area contributed by atoms with E-state index in [4.69, 9.17) is 0 Å². The van der Waals surface area contributed by atoms with Crippen LogP contribution in [0.25, 0.3) is 0 Å². The van der Waals surface area contributed by atoms with E-state index in [2.05, 4.69) is 55.5 Å². The molecule has 1 aliphatic rings. The first kappa shape index (κ1) is 13.1. The van der Waals surface area contributed by atoms with Gasteiger partial charge >= 0.3 is 0 Å². The van der Waals surface area contributed by atoms with Crippen molar-refractivity contribution in [1.29, 1.82) is 0 Å². The molecule has 0 aliphatic heterocycles. The Balaban J connectivity index is 1.81. The predicted octanol–water partition coefficient (Wildman–Crippen LogP) is 2.02. The number of hydrogen-bond donors (Lipinski definition) is 1. The maximum atomic E-state index is 11.7. The highest BCUT2D eigenvalue weighted by Gasteiger charge is 2.38. The van der Waals surface area contributed by atoms with Gasteiger partial charge in [-0.25, -0.2) is 0 Å². The first-order valence-electron chi connectivity index (χ1n) is 6.56. The van der Waals surface area contributed by atoms with E-state index in [0.29, 0.717) is 12.5 Å². The smallest absolute Gasteiger partial charge is 0.223 e. The van der Waals surface area contributed by atoms with Crippen LogP contribution in [0.5, 0.6) is 0 Å². The molecular formula is C15H22N2O.